The molecule has 0 spiro atoms. The van der Waals surface area contributed by atoms with E-state index in [1.807, 2.05) is 65.2 Å². The number of rotatable bonds is 9. The smallest absolute Gasteiger partial charge is 0.271 e. The van der Waals surface area contributed by atoms with Crippen molar-refractivity contribution < 1.29 is 19.1 Å². The fourth-order valence-electron chi connectivity index (χ4n) is 3.91. The van der Waals surface area contributed by atoms with Gasteiger partial charge in [-0.1, -0.05) is 48.5 Å². The van der Waals surface area contributed by atoms with Gasteiger partial charge in [0.2, 0.25) is 0 Å². The van der Waals surface area contributed by atoms with Crippen LogP contribution in [0.25, 0.3) is 0 Å². The van der Waals surface area contributed by atoms with Gasteiger partial charge in [-0.15, -0.1) is 0 Å². The number of imidazole rings is 1. The number of para-hydroxylation sites is 1. The first-order valence-corrected chi connectivity index (χ1v) is 11.0. The van der Waals surface area contributed by atoms with Gasteiger partial charge in [0.15, 0.2) is 6.61 Å². The summed E-state index contributed by atoms with van der Waals surface area (Å²) in [6.07, 6.45) is 2.49. The zero-order valence-electron chi connectivity index (χ0n) is 18.6. The number of benzene rings is 2. The van der Waals surface area contributed by atoms with Gasteiger partial charge in [0, 0.05) is 39.5 Å². The van der Waals surface area contributed by atoms with Crippen molar-refractivity contribution in [2.75, 3.05) is 33.4 Å². The maximum absolute atomic E-state index is 13.2. The second kappa shape index (κ2) is 10.8. The van der Waals surface area contributed by atoms with Gasteiger partial charge >= 0.3 is 0 Å². The number of carbonyl (C=O) groups excluding carboxylic acids is 2. The van der Waals surface area contributed by atoms with Gasteiger partial charge in [0.1, 0.15) is 23.3 Å². The minimum Gasteiger partial charge on any atom is -0.484 e. The van der Waals surface area contributed by atoms with Crippen LogP contribution in [-0.4, -0.2) is 59.7 Å². The van der Waals surface area contributed by atoms with Gasteiger partial charge in [0.05, 0.1) is 0 Å². The molecule has 1 atom stereocenters. The SMILES string of the molecule is COCCCNC(=O)c1cn2c(n1)C(c1ccccc1)N(C(=O)COc1ccccc1)CC2. The number of ether oxygens (including phenoxy) is 2. The molecule has 0 saturated heterocycles. The second-order valence-electron chi connectivity index (χ2n) is 7.78. The molecule has 0 bridgehead atoms. The average Bonchev–Trinajstić information content (AvgIpc) is 3.30. The lowest BCUT2D eigenvalue weighted by Gasteiger charge is -2.36. The Morgan fingerprint density at radius 1 is 1.06 bits per heavy atom. The van der Waals surface area contributed by atoms with Crippen molar-refractivity contribution in [3.63, 3.8) is 0 Å². The minimum atomic E-state index is -0.401. The van der Waals surface area contributed by atoms with E-state index in [4.69, 9.17) is 9.47 Å². The van der Waals surface area contributed by atoms with Crippen LogP contribution in [0.5, 0.6) is 5.75 Å². The van der Waals surface area contributed by atoms with E-state index in [0.717, 1.165) is 12.0 Å². The summed E-state index contributed by atoms with van der Waals surface area (Å²) in [4.78, 5) is 32.2. The lowest BCUT2D eigenvalue weighted by molar-refractivity contribution is -0.136. The van der Waals surface area contributed by atoms with Crippen LogP contribution in [-0.2, 0) is 16.1 Å². The summed E-state index contributed by atoms with van der Waals surface area (Å²) in [5.74, 6) is 0.952. The number of nitrogens with one attached hydrogen (secondary N) is 1. The molecule has 0 radical (unpaired) electrons. The Balaban J connectivity index is 1.55. The van der Waals surface area contributed by atoms with Gasteiger partial charge in [-0.2, -0.15) is 0 Å². The van der Waals surface area contributed by atoms with Crippen molar-refractivity contribution >= 4 is 11.8 Å². The highest BCUT2D eigenvalue weighted by atomic mass is 16.5. The molecule has 1 unspecified atom stereocenters. The number of fused-ring (bicyclic) bond motifs is 1. The van der Waals surface area contributed by atoms with E-state index in [2.05, 4.69) is 10.3 Å². The molecule has 0 fully saturated rings. The van der Waals surface area contributed by atoms with Gasteiger partial charge in [-0.25, -0.2) is 4.98 Å². The summed E-state index contributed by atoms with van der Waals surface area (Å²) in [7, 11) is 1.63. The maximum Gasteiger partial charge on any atom is 0.271 e. The molecule has 2 amide bonds. The highest BCUT2D eigenvalue weighted by molar-refractivity contribution is 5.92. The first-order valence-electron chi connectivity index (χ1n) is 11.0. The Morgan fingerprint density at radius 3 is 2.52 bits per heavy atom. The largest absolute Gasteiger partial charge is 0.484 e. The predicted octanol–water partition coefficient (Wildman–Crippen LogP) is 2.66. The molecule has 0 saturated carbocycles. The number of amides is 2. The molecule has 172 valence electrons. The summed E-state index contributed by atoms with van der Waals surface area (Å²) in [6, 6.07) is 18.6. The molecule has 33 heavy (non-hydrogen) atoms. The first-order chi connectivity index (χ1) is 16.2. The Morgan fingerprint density at radius 2 is 1.79 bits per heavy atom. The Labute approximate surface area is 193 Å². The van der Waals surface area contributed by atoms with Gasteiger partial charge < -0.3 is 24.3 Å². The van der Waals surface area contributed by atoms with E-state index in [1.165, 1.54) is 0 Å². The van der Waals surface area contributed by atoms with E-state index in [1.54, 1.807) is 18.2 Å². The highest BCUT2D eigenvalue weighted by Crippen LogP contribution is 2.31. The zero-order chi connectivity index (χ0) is 23.0. The molecule has 1 N–H and O–H groups in total. The van der Waals surface area contributed by atoms with Crippen LogP contribution >= 0.6 is 0 Å². The molecular formula is C25H28N4O4. The lowest BCUT2D eigenvalue weighted by Crippen LogP contribution is -2.44. The van der Waals surface area contributed by atoms with E-state index >= 15 is 0 Å². The van der Waals surface area contributed by atoms with Gasteiger partial charge in [-0.3, -0.25) is 9.59 Å². The fourth-order valence-corrected chi connectivity index (χ4v) is 3.91. The molecule has 0 aliphatic carbocycles. The number of nitrogens with zero attached hydrogens (tertiary/aromatic N) is 3. The topological polar surface area (TPSA) is 85.7 Å². The average molecular weight is 449 g/mol. The molecule has 1 aliphatic rings. The molecular weight excluding hydrogens is 420 g/mol. The first kappa shape index (κ1) is 22.5. The van der Waals surface area contributed by atoms with Crippen molar-refractivity contribution in [2.45, 2.75) is 19.0 Å². The predicted molar refractivity (Wildman–Crippen MR) is 123 cm³/mol. The van der Waals surface area contributed by atoms with Crippen LogP contribution in [0, 0.1) is 0 Å². The molecule has 3 aromatic rings. The third kappa shape index (κ3) is 5.40. The number of hydrogen-bond donors (Lipinski definition) is 1. The highest BCUT2D eigenvalue weighted by Gasteiger charge is 2.35. The standard InChI is InChI=1S/C25H28N4O4/c1-32-16-8-13-26-25(31)21-17-28-14-15-29(22(30)18-33-20-11-6-3-7-12-20)23(24(28)27-21)19-9-4-2-5-10-19/h2-7,9-12,17,23H,8,13-16,18H2,1H3,(H,26,31). The molecule has 1 aliphatic heterocycles. The maximum atomic E-state index is 13.2. The van der Waals surface area contributed by atoms with Crippen molar-refractivity contribution in [3.05, 3.63) is 83.9 Å². The third-order valence-corrected chi connectivity index (χ3v) is 5.53. The van der Waals surface area contributed by atoms with E-state index in [9.17, 15) is 9.59 Å². The number of methoxy groups -OCH3 is 1. The third-order valence-electron chi connectivity index (χ3n) is 5.53. The number of aromatic nitrogens is 2. The quantitative estimate of drug-likeness (QED) is 0.509. The number of hydrogen-bond acceptors (Lipinski definition) is 5. The van der Waals surface area contributed by atoms with Crippen LogP contribution in [0.2, 0.25) is 0 Å². The molecule has 2 aromatic carbocycles. The van der Waals surface area contributed by atoms with Gasteiger partial charge in [0.25, 0.3) is 11.8 Å². The zero-order valence-corrected chi connectivity index (χ0v) is 18.6. The number of carbonyl (C=O) groups is 2. The van der Waals surface area contributed by atoms with E-state index in [0.29, 0.717) is 43.5 Å². The summed E-state index contributed by atoms with van der Waals surface area (Å²) < 4.78 is 12.7. The van der Waals surface area contributed by atoms with Crippen LogP contribution in [0.1, 0.15) is 34.3 Å². The van der Waals surface area contributed by atoms with Crippen molar-refractivity contribution in [1.82, 2.24) is 19.8 Å². The second-order valence-corrected chi connectivity index (χ2v) is 7.78. The normalized spacial score (nSPS) is 15.1. The van der Waals surface area contributed by atoms with E-state index < -0.39 is 6.04 Å². The van der Waals surface area contributed by atoms with E-state index in [-0.39, 0.29) is 18.4 Å². The van der Waals surface area contributed by atoms with Crippen LogP contribution in [0.3, 0.4) is 0 Å². The van der Waals surface area contributed by atoms with Crippen molar-refractivity contribution in [3.8, 4) is 5.75 Å². The Bertz CT molecular complexity index is 1070. The Kier molecular flexibility index (Phi) is 7.36. The summed E-state index contributed by atoms with van der Waals surface area (Å²) in [5, 5.41) is 2.87. The van der Waals surface area contributed by atoms with Crippen LogP contribution in [0.15, 0.2) is 66.9 Å². The van der Waals surface area contributed by atoms with Crippen molar-refractivity contribution in [2.24, 2.45) is 0 Å². The van der Waals surface area contributed by atoms with Crippen LogP contribution < -0.4 is 10.1 Å². The summed E-state index contributed by atoms with van der Waals surface area (Å²) in [5.41, 5.74) is 1.28. The fraction of sp³-hybridized carbons (Fsp3) is 0.320. The Hall–Kier alpha value is -3.65. The molecule has 1 aromatic heterocycles. The summed E-state index contributed by atoms with van der Waals surface area (Å²) >= 11 is 0. The molecule has 2 heterocycles. The molecule has 8 heteroatoms. The molecule has 4 rings (SSSR count). The van der Waals surface area contributed by atoms with Crippen molar-refractivity contribution in [1.29, 1.82) is 0 Å². The minimum absolute atomic E-state index is 0.0686. The van der Waals surface area contributed by atoms with Crippen LogP contribution in [0.4, 0.5) is 0 Å². The summed E-state index contributed by atoms with van der Waals surface area (Å²) in [6.45, 7) is 2.08. The molecule has 8 nitrogen and oxygen atoms in total. The van der Waals surface area contributed by atoms with Gasteiger partial charge in [-0.05, 0) is 24.1 Å². The lowest BCUT2D eigenvalue weighted by atomic mass is 10.0. The monoisotopic (exact) mass is 448 g/mol.